The van der Waals surface area contributed by atoms with Crippen molar-refractivity contribution in [1.29, 1.82) is 0 Å². The predicted octanol–water partition coefficient (Wildman–Crippen LogP) is 5.16. The van der Waals surface area contributed by atoms with Crippen LogP contribution in [0.5, 0.6) is 5.75 Å². The highest BCUT2D eigenvalue weighted by Crippen LogP contribution is 2.30. The molecule has 0 spiro atoms. The van der Waals surface area contributed by atoms with Gasteiger partial charge in [-0.05, 0) is 43.5 Å². The fourth-order valence-corrected chi connectivity index (χ4v) is 4.05. The maximum atomic E-state index is 6.11. The Hall–Kier alpha value is -2.62. The first-order valence-electron chi connectivity index (χ1n) is 9.98. The molecule has 1 aliphatic rings. The van der Waals surface area contributed by atoms with E-state index in [1.54, 1.807) is 6.33 Å². The maximum absolute atomic E-state index is 6.11. The normalized spacial score (nSPS) is 15.0. The Kier molecular flexibility index (Phi) is 5.52. The molecule has 0 saturated heterocycles. The number of anilines is 1. The van der Waals surface area contributed by atoms with Crippen LogP contribution < -0.4 is 9.64 Å². The number of ether oxygens (including phenoxy) is 1. The van der Waals surface area contributed by atoms with E-state index in [1.807, 2.05) is 24.3 Å². The Morgan fingerprint density at radius 3 is 2.59 bits per heavy atom. The average Bonchev–Trinajstić information content (AvgIpc) is 2.73. The number of rotatable bonds is 6. The monoisotopic (exact) mass is 361 g/mol. The lowest BCUT2D eigenvalue weighted by molar-refractivity contribution is 0.307. The molecule has 0 unspecified atom stereocenters. The van der Waals surface area contributed by atoms with Gasteiger partial charge < -0.3 is 9.64 Å². The molecule has 1 fully saturated rings. The van der Waals surface area contributed by atoms with E-state index in [2.05, 4.69) is 46.1 Å². The van der Waals surface area contributed by atoms with Crippen LogP contribution in [0.2, 0.25) is 0 Å². The number of fused-ring (bicyclic) bond motifs is 1. The van der Waals surface area contributed by atoms with Crippen LogP contribution in [0.15, 0.2) is 54.9 Å². The fourth-order valence-electron chi connectivity index (χ4n) is 4.05. The first-order chi connectivity index (χ1) is 13.3. The van der Waals surface area contributed by atoms with E-state index in [9.17, 15) is 0 Å². The minimum atomic E-state index is 0.525. The second kappa shape index (κ2) is 8.38. The number of hydrogen-bond acceptors (Lipinski definition) is 4. The smallest absolute Gasteiger partial charge is 0.140 e. The van der Waals surface area contributed by atoms with Crippen LogP contribution in [0, 0.1) is 6.92 Å². The summed E-state index contributed by atoms with van der Waals surface area (Å²) in [5.74, 6) is 2.01. The maximum Gasteiger partial charge on any atom is 0.140 e. The zero-order chi connectivity index (χ0) is 18.5. The number of para-hydroxylation sites is 2. The van der Waals surface area contributed by atoms with Crippen molar-refractivity contribution < 1.29 is 4.74 Å². The highest BCUT2D eigenvalue weighted by Gasteiger charge is 2.24. The Labute approximate surface area is 161 Å². The highest BCUT2D eigenvalue weighted by atomic mass is 16.5. The largest absolute Gasteiger partial charge is 0.491 e. The first kappa shape index (κ1) is 17.8. The Morgan fingerprint density at radius 1 is 0.963 bits per heavy atom. The van der Waals surface area contributed by atoms with Gasteiger partial charge in [-0.1, -0.05) is 49.6 Å². The molecule has 0 radical (unpaired) electrons. The third-order valence-corrected chi connectivity index (χ3v) is 5.49. The number of nitrogens with zero attached hydrogens (tertiary/aromatic N) is 3. The van der Waals surface area contributed by atoms with Crippen LogP contribution in [0.25, 0.3) is 10.9 Å². The van der Waals surface area contributed by atoms with E-state index in [0.717, 1.165) is 29.0 Å². The molecular formula is C23H27N3O. The average molecular weight is 361 g/mol. The quantitative estimate of drug-likeness (QED) is 0.608. The second-order valence-corrected chi connectivity index (χ2v) is 7.31. The van der Waals surface area contributed by atoms with Gasteiger partial charge in [0.2, 0.25) is 0 Å². The lowest BCUT2D eigenvalue weighted by Crippen LogP contribution is -2.40. The minimum Gasteiger partial charge on any atom is -0.491 e. The minimum absolute atomic E-state index is 0.525. The van der Waals surface area contributed by atoms with Crippen LogP contribution in [-0.4, -0.2) is 29.2 Å². The van der Waals surface area contributed by atoms with E-state index in [4.69, 9.17) is 4.74 Å². The lowest BCUT2D eigenvalue weighted by atomic mass is 9.94. The molecule has 0 aliphatic heterocycles. The van der Waals surface area contributed by atoms with Gasteiger partial charge in [0.1, 0.15) is 24.5 Å². The summed E-state index contributed by atoms with van der Waals surface area (Å²) in [6.45, 7) is 3.58. The molecule has 0 bridgehead atoms. The van der Waals surface area contributed by atoms with Crippen molar-refractivity contribution in [1.82, 2.24) is 9.97 Å². The van der Waals surface area contributed by atoms with Gasteiger partial charge in [-0.2, -0.15) is 0 Å². The van der Waals surface area contributed by atoms with Crippen molar-refractivity contribution >= 4 is 16.7 Å². The van der Waals surface area contributed by atoms with Crippen LogP contribution >= 0.6 is 0 Å². The Morgan fingerprint density at radius 2 is 1.74 bits per heavy atom. The zero-order valence-corrected chi connectivity index (χ0v) is 16.0. The Balaban J connectivity index is 1.58. The Bertz CT molecular complexity index is 884. The third kappa shape index (κ3) is 4.05. The molecule has 1 aliphatic carbocycles. The molecule has 4 rings (SSSR count). The molecule has 0 atom stereocenters. The second-order valence-electron chi connectivity index (χ2n) is 7.31. The number of aromatic nitrogens is 2. The first-order valence-corrected chi connectivity index (χ1v) is 9.98. The highest BCUT2D eigenvalue weighted by molar-refractivity contribution is 5.89. The van der Waals surface area contributed by atoms with E-state index >= 15 is 0 Å². The van der Waals surface area contributed by atoms with Crippen molar-refractivity contribution in [2.45, 2.75) is 45.1 Å². The van der Waals surface area contributed by atoms with Gasteiger partial charge in [-0.25, -0.2) is 9.97 Å². The summed E-state index contributed by atoms with van der Waals surface area (Å²) >= 11 is 0. The van der Waals surface area contributed by atoms with Crippen molar-refractivity contribution in [2.75, 3.05) is 18.1 Å². The summed E-state index contributed by atoms with van der Waals surface area (Å²) in [4.78, 5) is 11.6. The van der Waals surface area contributed by atoms with Gasteiger partial charge >= 0.3 is 0 Å². The molecule has 0 amide bonds. The van der Waals surface area contributed by atoms with E-state index in [1.165, 1.54) is 37.7 Å². The summed E-state index contributed by atoms with van der Waals surface area (Å²) in [5.41, 5.74) is 2.18. The fraction of sp³-hybridized carbons (Fsp3) is 0.391. The molecule has 27 heavy (non-hydrogen) atoms. The van der Waals surface area contributed by atoms with Crippen molar-refractivity contribution in [3.8, 4) is 5.75 Å². The van der Waals surface area contributed by atoms with Crippen LogP contribution in [-0.2, 0) is 0 Å². The van der Waals surface area contributed by atoms with E-state index < -0.39 is 0 Å². The number of benzene rings is 2. The molecule has 4 heteroatoms. The summed E-state index contributed by atoms with van der Waals surface area (Å²) in [6, 6.07) is 17.0. The van der Waals surface area contributed by atoms with Gasteiger partial charge in [0.05, 0.1) is 12.1 Å². The summed E-state index contributed by atoms with van der Waals surface area (Å²) < 4.78 is 6.11. The van der Waals surface area contributed by atoms with Crippen LogP contribution in [0.4, 0.5) is 5.82 Å². The lowest BCUT2D eigenvalue weighted by Gasteiger charge is -2.35. The molecule has 1 heterocycles. The topological polar surface area (TPSA) is 38.2 Å². The van der Waals surface area contributed by atoms with Crippen molar-refractivity contribution in [3.63, 3.8) is 0 Å². The van der Waals surface area contributed by atoms with Gasteiger partial charge in [0, 0.05) is 11.4 Å². The summed E-state index contributed by atoms with van der Waals surface area (Å²) in [7, 11) is 0. The zero-order valence-electron chi connectivity index (χ0n) is 16.0. The third-order valence-electron chi connectivity index (χ3n) is 5.49. The van der Waals surface area contributed by atoms with Gasteiger partial charge in [0.15, 0.2) is 0 Å². The van der Waals surface area contributed by atoms with Crippen LogP contribution in [0.1, 0.15) is 37.7 Å². The summed E-state index contributed by atoms with van der Waals surface area (Å²) in [6.07, 6.45) is 8.07. The van der Waals surface area contributed by atoms with Crippen molar-refractivity contribution in [2.24, 2.45) is 0 Å². The number of aryl methyl sites for hydroxylation is 1. The molecule has 1 saturated carbocycles. The molecule has 4 nitrogen and oxygen atoms in total. The molecular weight excluding hydrogens is 334 g/mol. The van der Waals surface area contributed by atoms with Gasteiger partial charge in [-0.15, -0.1) is 0 Å². The molecule has 1 aromatic heterocycles. The molecule has 140 valence electrons. The molecule has 3 aromatic rings. The predicted molar refractivity (Wildman–Crippen MR) is 110 cm³/mol. The molecule has 0 N–H and O–H groups in total. The number of hydrogen-bond donors (Lipinski definition) is 0. The molecule has 2 aromatic carbocycles. The summed E-state index contributed by atoms with van der Waals surface area (Å²) in [5, 5.41) is 1.13. The van der Waals surface area contributed by atoms with E-state index in [0.29, 0.717) is 12.6 Å². The van der Waals surface area contributed by atoms with E-state index in [-0.39, 0.29) is 0 Å². The van der Waals surface area contributed by atoms with Crippen LogP contribution in [0.3, 0.4) is 0 Å². The standard InChI is InChI=1S/C23H27N3O/c1-18-9-5-8-14-22(18)27-16-15-26(19-10-3-2-4-11-19)23-20-12-6-7-13-21(20)24-17-25-23/h5-9,12-14,17,19H,2-4,10-11,15-16H2,1H3. The van der Waals surface area contributed by atoms with Gasteiger partial charge in [-0.3, -0.25) is 0 Å². The van der Waals surface area contributed by atoms with Gasteiger partial charge in [0.25, 0.3) is 0 Å². The van der Waals surface area contributed by atoms with Crippen molar-refractivity contribution in [3.05, 3.63) is 60.4 Å². The SMILES string of the molecule is Cc1ccccc1OCCN(c1ncnc2ccccc12)C1CCCCC1.